The highest BCUT2D eigenvalue weighted by Gasteiger charge is 2.39. The number of amides is 1. The zero-order valence-corrected chi connectivity index (χ0v) is 11.5. The topological polar surface area (TPSA) is 29.5 Å². The SMILES string of the molecule is O=C(c1cc(F)c(F)cc1Cl)N1CCO[C@@H]2CCC[C@H]21. The summed E-state index contributed by atoms with van der Waals surface area (Å²) >= 11 is 5.87. The van der Waals surface area contributed by atoms with Crippen molar-refractivity contribution in [1.82, 2.24) is 4.90 Å². The summed E-state index contributed by atoms with van der Waals surface area (Å²) in [5.74, 6) is -2.46. The molecule has 0 radical (unpaired) electrons. The monoisotopic (exact) mass is 301 g/mol. The third-order valence-corrected chi connectivity index (χ3v) is 4.30. The van der Waals surface area contributed by atoms with E-state index in [-0.39, 0.29) is 28.6 Å². The first-order chi connectivity index (χ1) is 9.58. The molecule has 6 heteroatoms. The van der Waals surface area contributed by atoms with Gasteiger partial charge in [0.1, 0.15) is 0 Å². The van der Waals surface area contributed by atoms with Crippen LogP contribution < -0.4 is 0 Å². The van der Waals surface area contributed by atoms with Gasteiger partial charge in [-0.1, -0.05) is 11.6 Å². The fraction of sp³-hybridized carbons (Fsp3) is 0.500. The Labute approximate surface area is 120 Å². The molecular weight excluding hydrogens is 288 g/mol. The number of benzene rings is 1. The molecule has 20 heavy (non-hydrogen) atoms. The summed E-state index contributed by atoms with van der Waals surface area (Å²) in [5.41, 5.74) is 0.0121. The summed E-state index contributed by atoms with van der Waals surface area (Å²) in [4.78, 5) is 14.2. The molecule has 0 N–H and O–H groups in total. The molecule has 0 unspecified atom stereocenters. The van der Waals surface area contributed by atoms with Crippen molar-refractivity contribution in [3.63, 3.8) is 0 Å². The van der Waals surface area contributed by atoms with E-state index in [1.807, 2.05) is 0 Å². The van der Waals surface area contributed by atoms with Crippen molar-refractivity contribution >= 4 is 17.5 Å². The Bertz CT molecular complexity index is 552. The zero-order valence-electron chi connectivity index (χ0n) is 10.7. The van der Waals surface area contributed by atoms with E-state index in [1.54, 1.807) is 4.90 Å². The van der Waals surface area contributed by atoms with Gasteiger partial charge in [0.25, 0.3) is 5.91 Å². The third kappa shape index (κ3) is 2.29. The van der Waals surface area contributed by atoms with E-state index in [0.717, 1.165) is 31.4 Å². The molecule has 1 amide bonds. The van der Waals surface area contributed by atoms with Gasteiger partial charge in [0.15, 0.2) is 11.6 Å². The molecule has 2 fully saturated rings. The minimum absolute atomic E-state index is 0.0121. The van der Waals surface area contributed by atoms with Crippen LogP contribution in [0, 0.1) is 11.6 Å². The van der Waals surface area contributed by atoms with Crippen LogP contribution in [0.4, 0.5) is 8.78 Å². The quantitative estimate of drug-likeness (QED) is 0.746. The molecule has 0 aromatic heterocycles. The Kier molecular flexibility index (Phi) is 3.65. The number of ether oxygens (including phenoxy) is 1. The number of morpholine rings is 1. The highest BCUT2D eigenvalue weighted by Crippen LogP contribution is 2.32. The van der Waals surface area contributed by atoms with E-state index in [4.69, 9.17) is 16.3 Å². The van der Waals surface area contributed by atoms with Crippen LogP contribution in [0.2, 0.25) is 5.02 Å². The minimum atomic E-state index is -1.06. The molecule has 1 aliphatic carbocycles. The van der Waals surface area contributed by atoms with Crippen LogP contribution in [0.25, 0.3) is 0 Å². The summed E-state index contributed by atoms with van der Waals surface area (Å²) < 4.78 is 32.0. The van der Waals surface area contributed by atoms with Gasteiger partial charge in [-0.3, -0.25) is 4.79 Å². The van der Waals surface area contributed by atoms with Crippen LogP contribution >= 0.6 is 11.6 Å². The van der Waals surface area contributed by atoms with E-state index >= 15 is 0 Å². The smallest absolute Gasteiger partial charge is 0.255 e. The fourth-order valence-corrected chi connectivity index (χ4v) is 3.25. The summed E-state index contributed by atoms with van der Waals surface area (Å²) in [6, 6.07) is 1.73. The average molecular weight is 302 g/mol. The van der Waals surface area contributed by atoms with Gasteiger partial charge in [-0.2, -0.15) is 0 Å². The molecule has 3 nitrogen and oxygen atoms in total. The first-order valence-electron chi connectivity index (χ1n) is 6.65. The molecule has 3 rings (SSSR count). The molecule has 1 aromatic rings. The van der Waals surface area contributed by atoms with E-state index in [0.29, 0.717) is 13.2 Å². The van der Waals surface area contributed by atoms with Gasteiger partial charge in [0.2, 0.25) is 0 Å². The van der Waals surface area contributed by atoms with Gasteiger partial charge in [-0.25, -0.2) is 8.78 Å². The highest BCUT2D eigenvalue weighted by molar-refractivity contribution is 6.33. The molecule has 0 bridgehead atoms. The second-order valence-electron chi connectivity index (χ2n) is 5.15. The van der Waals surface area contributed by atoms with Crippen molar-refractivity contribution in [2.24, 2.45) is 0 Å². The summed E-state index contributed by atoms with van der Waals surface area (Å²) in [5, 5.41) is -0.0602. The van der Waals surface area contributed by atoms with E-state index in [9.17, 15) is 13.6 Å². The van der Waals surface area contributed by atoms with Gasteiger partial charge in [0.05, 0.1) is 29.3 Å². The number of hydrogen-bond acceptors (Lipinski definition) is 2. The number of carbonyl (C=O) groups is 1. The maximum Gasteiger partial charge on any atom is 0.255 e. The molecule has 2 atom stereocenters. The first-order valence-corrected chi connectivity index (χ1v) is 7.03. The fourth-order valence-electron chi connectivity index (χ4n) is 3.02. The van der Waals surface area contributed by atoms with Crippen LogP contribution in [0.3, 0.4) is 0 Å². The van der Waals surface area contributed by atoms with Crippen molar-refractivity contribution < 1.29 is 18.3 Å². The van der Waals surface area contributed by atoms with Crippen LogP contribution in [-0.4, -0.2) is 36.1 Å². The molecule has 1 aliphatic heterocycles. The van der Waals surface area contributed by atoms with Crippen LogP contribution in [0.1, 0.15) is 29.6 Å². The lowest BCUT2D eigenvalue weighted by Gasteiger charge is -2.37. The second kappa shape index (κ2) is 5.30. The lowest BCUT2D eigenvalue weighted by molar-refractivity contribution is -0.0445. The Morgan fingerprint density at radius 3 is 2.85 bits per heavy atom. The van der Waals surface area contributed by atoms with Crippen molar-refractivity contribution in [1.29, 1.82) is 0 Å². The third-order valence-electron chi connectivity index (χ3n) is 3.98. The number of fused-ring (bicyclic) bond motifs is 1. The molecule has 1 saturated carbocycles. The molecule has 2 aliphatic rings. The zero-order chi connectivity index (χ0) is 14.3. The van der Waals surface area contributed by atoms with Crippen molar-refractivity contribution in [3.8, 4) is 0 Å². The lowest BCUT2D eigenvalue weighted by atomic mass is 10.1. The van der Waals surface area contributed by atoms with Gasteiger partial charge in [0, 0.05) is 6.54 Å². The van der Waals surface area contributed by atoms with E-state index in [2.05, 4.69) is 0 Å². The largest absolute Gasteiger partial charge is 0.374 e. The predicted octanol–water partition coefficient (Wildman–Crippen LogP) is 3.01. The standard InChI is InChI=1S/C14H14ClF2NO2/c15-9-7-11(17)10(16)6-8(9)14(19)18-4-5-20-13-3-1-2-12(13)18/h6-7,12-13H,1-5H2/t12-,13-/m1/s1. The van der Waals surface area contributed by atoms with Gasteiger partial charge < -0.3 is 9.64 Å². The average Bonchev–Trinajstić information content (AvgIpc) is 2.90. The van der Waals surface area contributed by atoms with Gasteiger partial charge in [-0.05, 0) is 31.4 Å². The molecular formula is C14H14ClF2NO2. The van der Waals surface area contributed by atoms with Crippen LogP contribution in [0.5, 0.6) is 0 Å². The Morgan fingerprint density at radius 2 is 2.05 bits per heavy atom. The van der Waals surface area contributed by atoms with E-state index in [1.165, 1.54) is 0 Å². The predicted molar refractivity (Wildman–Crippen MR) is 69.8 cm³/mol. The van der Waals surface area contributed by atoms with Crippen LogP contribution in [0.15, 0.2) is 12.1 Å². The number of hydrogen-bond donors (Lipinski definition) is 0. The maximum atomic E-state index is 13.3. The Morgan fingerprint density at radius 1 is 1.30 bits per heavy atom. The molecule has 1 aromatic carbocycles. The summed E-state index contributed by atoms with van der Waals surface area (Å²) in [7, 11) is 0. The molecule has 1 heterocycles. The summed E-state index contributed by atoms with van der Waals surface area (Å²) in [6.45, 7) is 0.920. The van der Waals surface area contributed by atoms with Crippen molar-refractivity contribution in [3.05, 3.63) is 34.4 Å². The van der Waals surface area contributed by atoms with Gasteiger partial charge in [-0.15, -0.1) is 0 Å². The van der Waals surface area contributed by atoms with Crippen LogP contribution in [-0.2, 0) is 4.74 Å². The normalized spacial score (nSPS) is 25.6. The highest BCUT2D eigenvalue weighted by atomic mass is 35.5. The molecule has 1 saturated heterocycles. The molecule has 0 spiro atoms. The Hall–Kier alpha value is -1.20. The second-order valence-corrected chi connectivity index (χ2v) is 5.56. The van der Waals surface area contributed by atoms with Gasteiger partial charge >= 0.3 is 0 Å². The van der Waals surface area contributed by atoms with E-state index < -0.39 is 11.6 Å². The first kappa shape index (κ1) is 13.8. The molecule has 108 valence electrons. The minimum Gasteiger partial charge on any atom is -0.374 e. The lowest BCUT2D eigenvalue weighted by Crippen LogP contribution is -2.51. The number of nitrogens with zero attached hydrogens (tertiary/aromatic N) is 1. The van der Waals surface area contributed by atoms with Crippen molar-refractivity contribution in [2.45, 2.75) is 31.4 Å². The number of carbonyl (C=O) groups excluding carboxylic acids is 1. The maximum absolute atomic E-state index is 13.3. The summed E-state index contributed by atoms with van der Waals surface area (Å²) in [6.07, 6.45) is 2.86. The van der Waals surface area contributed by atoms with Crippen molar-refractivity contribution in [2.75, 3.05) is 13.2 Å². The number of rotatable bonds is 1. The number of halogens is 3. The Balaban J connectivity index is 1.90.